The third-order valence-corrected chi connectivity index (χ3v) is 8.55. The number of nitriles is 1. The highest BCUT2D eigenvalue weighted by molar-refractivity contribution is 6.31. The molecule has 0 saturated carbocycles. The summed E-state index contributed by atoms with van der Waals surface area (Å²) >= 11 is 12.3. The summed E-state index contributed by atoms with van der Waals surface area (Å²) in [5.74, 6) is -2.11. The molecule has 3 aromatic rings. The lowest BCUT2D eigenvalue weighted by molar-refractivity contribution is -0.123. The average molecular weight is 621 g/mol. The van der Waals surface area contributed by atoms with Gasteiger partial charge in [-0.3, -0.25) is 4.79 Å². The first kappa shape index (κ1) is 31.9. The predicted octanol–water partition coefficient (Wildman–Crippen LogP) is 5.29. The normalized spacial score (nSPS) is 23.0. The Bertz CT molecular complexity index is 1490. The molecule has 42 heavy (non-hydrogen) atoms. The van der Waals surface area contributed by atoms with Crippen LogP contribution in [0.25, 0.3) is 0 Å². The van der Waals surface area contributed by atoms with Crippen molar-refractivity contribution in [3.05, 3.63) is 92.9 Å². The highest BCUT2D eigenvalue weighted by Crippen LogP contribution is 2.53. The van der Waals surface area contributed by atoms with Gasteiger partial charge < -0.3 is 25.3 Å². The van der Waals surface area contributed by atoms with Gasteiger partial charge in [0.15, 0.2) is 0 Å². The number of aryl methyl sites for hydroxylation is 1. The Hall–Kier alpha value is -3.00. The van der Waals surface area contributed by atoms with Crippen LogP contribution in [0.15, 0.2) is 52.9 Å². The van der Waals surface area contributed by atoms with Gasteiger partial charge in [0, 0.05) is 34.5 Å². The quantitative estimate of drug-likeness (QED) is 0.245. The number of aliphatic hydroxyl groups is 2. The summed E-state index contributed by atoms with van der Waals surface area (Å²) in [6.45, 7) is 5.14. The van der Waals surface area contributed by atoms with Gasteiger partial charge in [-0.05, 0) is 55.7 Å². The van der Waals surface area contributed by atoms with E-state index in [-0.39, 0.29) is 40.6 Å². The molecule has 1 aliphatic rings. The number of amides is 1. The second-order valence-electron chi connectivity index (χ2n) is 11.3. The smallest absolute Gasteiger partial charge is 0.237 e. The molecule has 0 unspecified atom stereocenters. The number of furan rings is 1. The molecule has 1 fully saturated rings. The maximum Gasteiger partial charge on any atom is 0.237 e. The van der Waals surface area contributed by atoms with Crippen LogP contribution in [0.3, 0.4) is 0 Å². The molecule has 11 heteroatoms. The first-order valence-corrected chi connectivity index (χ1v) is 14.3. The van der Waals surface area contributed by atoms with E-state index < -0.39 is 59.1 Å². The Balaban J connectivity index is 1.92. The van der Waals surface area contributed by atoms with E-state index in [0.717, 1.165) is 6.07 Å². The van der Waals surface area contributed by atoms with Crippen molar-refractivity contribution in [2.45, 2.75) is 68.5 Å². The van der Waals surface area contributed by atoms with Crippen LogP contribution < -0.4 is 10.6 Å². The summed E-state index contributed by atoms with van der Waals surface area (Å²) in [6.07, 6.45) is -0.787. The minimum atomic E-state index is -1.81. The third kappa shape index (κ3) is 6.05. The lowest BCUT2D eigenvalue weighted by atomic mass is 9.62. The fourth-order valence-corrected chi connectivity index (χ4v) is 6.26. The Labute approximate surface area is 253 Å². The average Bonchev–Trinajstić information content (AvgIpc) is 3.52. The minimum absolute atomic E-state index is 0.000178. The number of rotatable bonds is 10. The van der Waals surface area contributed by atoms with Crippen molar-refractivity contribution in [3.63, 3.8) is 0 Å². The molecule has 5 atom stereocenters. The van der Waals surface area contributed by atoms with Crippen molar-refractivity contribution in [1.29, 1.82) is 5.26 Å². The van der Waals surface area contributed by atoms with Crippen molar-refractivity contribution in [3.8, 4) is 6.07 Å². The zero-order valence-electron chi connectivity index (χ0n) is 23.4. The van der Waals surface area contributed by atoms with Crippen molar-refractivity contribution >= 4 is 29.1 Å². The molecule has 1 aromatic heterocycles. The van der Waals surface area contributed by atoms with Crippen LogP contribution in [0.1, 0.15) is 55.3 Å². The Kier molecular flexibility index (Phi) is 9.65. The second-order valence-corrected chi connectivity index (χ2v) is 12.2. The van der Waals surface area contributed by atoms with E-state index >= 15 is 8.78 Å². The highest BCUT2D eigenvalue weighted by Gasteiger charge is 2.61. The zero-order chi connectivity index (χ0) is 30.8. The molecule has 0 spiro atoms. The third-order valence-electron chi connectivity index (χ3n) is 8.02. The number of carbonyl (C=O) groups is 1. The number of halogens is 4. The van der Waals surface area contributed by atoms with Gasteiger partial charge in [0.1, 0.15) is 28.6 Å². The molecule has 1 aliphatic heterocycles. The van der Waals surface area contributed by atoms with Gasteiger partial charge in [-0.1, -0.05) is 55.2 Å². The van der Waals surface area contributed by atoms with Gasteiger partial charge >= 0.3 is 0 Å². The number of hydrogen-bond acceptors (Lipinski definition) is 6. The number of nitrogens with zero attached hydrogens (tertiary/aromatic N) is 1. The summed E-state index contributed by atoms with van der Waals surface area (Å²) in [7, 11) is 0. The second kappa shape index (κ2) is 12.7. The number of hydrogen-bond donors (Lipinski definition) is 4. The van der Waals surface area contributed by atoms with Crippen molar-refractivity contribution in [2.75, 3.05) is 13.2 Å². The molecule has 7 nitrogen and oxygen atoms in total. The maximum atomic E-state index is 15.8. The van der Waals surface area contributed by atoms with Crippen LogP contribution in [0.4, 0.5) is 8.78 Å². The number of carbonyl (C=O) groups excluding carboxylic acids is 1. The summed E-state index contributed by atoms with van der Waals surface area (Å²) < 4.78 is 37.5. The van der Waals surface area contributed by atoms with Crippen LogP contribution in [0, 0.1) is 29.9 Å². The van der Waals surface area contributed by atoms with Gasteiger partial charge in [-0.25, -0.2) is 8.78 Å². The summed E-state index contributed by atoms with van der Waals surface area (Å²) in [4.78, 5) is 13.7. The van der Waals surface area contributed by atoms with E-state index in [2.05, 4.69) is 16.7 Å². The first-order chi connectivity index (χ1) is 19.8. The fraction of sp³-hybridized carbons (Fsp3) is 0.419. The zero-order valence-corrected chi connectivity index (χ0v) is 24.9. The van der Waals surface area contributed by atoms with Gasteiger partial charge in [-0.15, -0.1) is 0 Å². The van der Waals surface area contributed by atoms with E-state index in [4.69, 9.17) is 32.7 Å². The first-order valence-electron chi connectivity index (χ1n) is 13.6. The van der Waals surface area contributed by atoms with Crippen LogP contribution in [-0.2, 0) is 15.6 Å². The molecule has 1 saturated heterocycles. The Morgan fingerprint density at radius 2 is 1.98 bits per heavy atom. The summed E-state index contributed by atoms with van der Waals surface area (Å²) in [5.41, 5.74) is -2.60. The fourth-order valence-electron chi connectivity index (χ4n) is 5.92. The van der Waals surface area contributed by atoms with Crippen LogP contribution in [0.2, 0.25) is 10.0 Å². The summed E-state index contributed by atoms with van der Waals surface area (Å²) in [5, 5.41) is 35.8. The van der Waals surface area contributed by atoms with Gasteiger partial charge in [0.2, 0.25) is 5.91 Å². The monoisotopic (exact) mass is 619 g/mol. The molecule has 0 aliphatic carbocycles. The van der Waals surface area contributed by atoms with E-state index in [1.54, 1.807) is 0 Å². The van der Waals surface area contributed by atoms with Gasteiger partial charge in [-0.2, -0.15) is 5.26 Å². The molecule has 4 rings (SSSR count). The Morgan fingerprint density at radius 3 is 2.60 bits per heavy atom. The van der Waals surface area contributed by atoms with E-state index in [1.807, 2.05) is 32.9 Å². The molecule has 1 amide bonds. The highest BCUT2D eigenvalue weighted by atomic mass is 35.5. The van der Waals surface area contributed by atoms with Crippen LogP contribution in [0.5, 0.6) is 0 Å². The SMILES string of the molecule is Cc1ccc(C(C)(C)C[C@@H]2N[C@@H](C(=O)NCC[C@H](O)CO)[C@H](c3cccc(Cl)c3F)[C@@]2(C#N)c2ccc(Cl)cc2F)o1. The Morgan fingerprint density at radius 1 is 1.24 bits per heavy atom. The lowest BCUT2D eigenvalue weighted by Gasteiger charge is -2.38. The number of nitrogens with one attached hydrogen (secondary N) is 2. The van der Waals surface area contributed by atoms with E-state index in [0.29, 0.717) is 11.5 Å². The molecule has 2 aromatic carbocycles. The predicted molar refractivity (Wildman–Crippen MR) is 155 cm³/mol. The van der Waals surface area contributed by atoms with Gasteiger partial charge in [0.25, 0.3) is 0 Å². The molecule has 224 valence electrons. The van der Waals surface area contributed by atoms with E-state index in [9.17, 15) is 15.2 Å². The summed E-state index contributed by atoms with van der Waals surface area (Å²) in [6, 6.07) is 12.1. The van der Waals surface area contributed by atoms with Crippen molar-refractivity contribution < 1.29 is 28.2 Å². The molecule has 2 heterocycles. The van der Waals surface area contributed by atoms with Crippen molar-refractivity contribution in [1.82, 2.24) is 10.6 Å². The lowest BCUT2D eigenvalue weighted by Crippen LogP contribution is -2.47. The minimum Gasteiger partial charge on any atom is -0.466 e. The number of aliphatic hydroxyl groups excluding tert-OH is 2. The number of benzene rings is 2. The molecular weight excluding hydrogens is 587 g/mol. The molecule has 0 bridgehead atoms. The standard InChI is InChI=1S/C31H33Cl2F2N3O4/c1-17-7-10-25(42-17)30(2,3)14-24-31(16-36,21-9-8-18(32)13-23(21)34)26(20-5-4-6-22(33)27(20)35)28(38-24)29(41)37-12-11-19(40)15-39/h4-10,13,19,24,26,28,38-40H,11-12,14-15H2,1-3H3,(H,37,41)/t19-,24-,26-,28+,31-/m0/s1. The van der Waals surface area contributed by atoms with Crippen molar-refractivity contribution in [2.24, 2.45) is 0 Å². The van der Waals surface area contributed by atoms with Crippen LogP contribution >= 0.6 is 23.2 Å². The maximum absolute atomic E-state index is 15.8. The largest absolute Gasteiger partial charge is 0.466 e. The van der Waals surface area contributed by atoms with E-state index in [1.165, 1.54) is 30.3 Å². The topological polar surface area (TPSA) is 119 Å². The molecule has 4 N–H and O–H groups in total. The molecular formula is C31H33Cl2F2N3O4. The van der Waals surface area contributed by atoms with Gasteiger partial charge in [0.05, 0.1) is 29.8 Å². The molecule has 0 radical (unpaired) electrons. The van der Waals surface area contributed by atoms with Crippen LogP contribution in [-0.4, -0.2) is 47.5 Å².